The molecule has 1 rings (SSSR count). The summed E-state index contributed by atoms with van der Waals surface area (Å²) in [5.41, 5.74) is 0. The second kappa shape index (κ2) is 10.4. The van der Waals surface area contributed by atoms with Crippen LogP contribution in [0, 0.1) is 0 Å². The van der Waals surface area contributed by atoms with Crippen molar-refractivity contribution in [1.82, 2.24) is 4.90 Å². The molecule has 0 spiro atoms. The third kappa shape index (κ3) is 6.10. The Kier molecular flexibility index (Phi) is 10.6. The zero-order valence-corrected chi connectivity index (χ0v) is 12.0. The molecule has 1 aliphatic rings. The van der Waals surface area contributed by atoms with Gasteiger partial charge in [0.15, 0.2) is 0 Å². The van der Waals surface area contributed by atoms with Gasteiger partial charge < -0.3 is 4.90 Å². The fourth-order valence-corrected chi connectivity index (χ4v) is 2.65. The number of rotatable bonds is 7. The summed E-state index contributed by atoms with van der Waals surface area (Å²) in [6.07, 6.45) is 12.8. The van der Waals surface area contributed by atoms with Gasteiger partial charge >= 0.3 is 0 Å². The number of nitrogens with zero attached hydrogens (tertiary/aromatic N) is 1. The van der Waals surface area contributed by atoms with Gasteiger partial charge in [-0.2, -0.15) is 0 Å². The maximum absolute atomic E-state index is 2.78. The Balaban J connectivity index is 0.00000225. The third-order valence-electron chi connectivity index (χ3n) is 3.69. The van der Waals surface area contributed by atoms with E-state index in [-0.39, 0.29) is 12.4 Å². The fourth-order valence-electron chi connectivity index (χ4n) is 2.65. The van der Waals surface area contributed by atoms with Crippen LogP contribution in [-0.2, 0) is 0 Å². The van der Waals surface area contributed by atoms with E-state index in [2.05, 4.69) is 18.7 Å². The molecule has 0 atom stereocenters. The molecule has 0 bridgehead atoms. The lowest BCUT2D eigenvalue weighted by Gasteiger charge is -2.34. The van der Waals surface area contributed by atoms with Crippen molar-refractivity contribution >= 4 is 12.4 Å². The van der Waals surface area contributed by atoms with Crippen molar-refractivity contribution in [2.24, 2.45) is 0 Å². The van der Waals surface area contributed by atoms with Crippen LogP contribution in [0.15, 0.2) is 0 Å². The Morgan fingerprint density at radius 1 is 0.875 bits per heavy atom. The zero-order chi connectivity index (χ0) is 10.9. The van der Waals surface area contributed by atoms with Gasteiger partial charge in [0.2, 0.25) is 0 Å². The first-order valence-electron chi connectivity index (χ1n) is 7.12. The second-order valence-corrected chi connectivity index (χ2v) is 5.03. The molecule has 0 aliphatic heterocycles. The van der Waals surface area contributed by atoms with Crippen molar-refractivity contribution in [2.75, 3.05) is 13.1 Å². The highest BCUT2D eigenvalue weighted by Gasteiger charge is 2.19. The average Bonchev–Trinajstić information content (AvgIpc) is 2.30. The SMILES string of the molecule is CCCCN(CCCC)C1CCCCC1.Cl. The highest BCUT2D eigenvalue weighted by atomic mass is 35.5. The highest BCUT2D eigenvalue weighted by Crippen LogP contribution is 2.23. The van der Waals surface area contributed by atoms with Gasteiger partial charge in [-0.15, -0.1) is 12.4 Å². The van der Waals surface area contributed by atoms with Gasteiger partial charge in [0.1, 0.15) is 0 Å². The van der Waals surface area contributed by atoms with Crippen molar-refractivity contribution in [1.29, 1.82) is 0 Å². The monoisotopic (exact) mass is 247 g/mol. The van der Waals surface area contributed by atoms with Crippen molar-refractivity contribution in [3.63, 3.8) is 0 Å². The van der Waals surface area contributed by atoms with E-state index in [0.717, 1.165) is 6.04 Å². The van der Waals surface area contributed by atoms with E-state index in [1.807, 2.05) is 0 Å². The molecule has 98 valence electrons. The lowest BCUT2D eigenvalue weighted by molar-refractivity contribution is 0.151. The Morgan fingerprint density at radius 2 is 1.38 bits per heavy atom. The van der Waals surface area contributed by atoms with Crippen molar-refractivity contribution < 1.29 is 0 Å². The van der Waals surface area contributed by atoms with Gasteiger partial charge in [0, 0.05) is 6.04 Å². The van der Waals surface area contributed by atoms with Crippen LogP contribution in [0.4, 0.5) is 0 Å². The Hall–Kier alpha value is 0.250. The molecule has 0 N–H and O–H groups in total. The van der Waals surface area contributed by atoms with E-state index in [1.54, 1.807) is 0 Å². The molecule has 0 aromatic rings. The average molecular weight is 248 g/mol. The topological polar surface area (TPSA) is 3.24 Å². The van der Waals surface area contributed by atoms with Crippen molar-refractivity contribution in [2.45, 2.75) is 77.7 Å². The minimum Gasteiger partial charge on any atom is -0.300 e. The van der Waals surface area contributed by atoms with Gasteiger partial charge in [-0.05, 0) is 38.8 Å². The molecule has 0 aromatic heterocycles. The summed E-state index contributed by atoms with van der Waals surface area (Å²) < 4.78 is 0. The molecule has 1 aliphatic carbocycles. The molecule has 0 radical (unpaired) electrons. The van der Waals surface area contributed by atoms with Crippen LogP contribution >= 0.6 is 12.4 Å². The Labute approximate surface area is 108 Å². The molecule has 0 heterocycles. The molecule has 1 fully saturated rings. The van der Waals surface area contributed by atoms with Gasteiger partial charge in [-0.3, -0.25) is 0 Å². The smallest absolute Gasteiger partial charge is 0.00952 e. The largest absolute Gasteiger partial charge is 0.300 e. The van der Waals surface area contributed by atoms with E-state index in [1.165, 1.54) is 70.9 Å². The first kappa shape index (κ1) is 16.2. The predicted octanol–water partition coefficient (Wildman–Crippen LogP) is 4.64. The summed E-state index contributed by atoms with van der Waals surface area (Å²) in [4.78, 5) is 2.78. The molecule has 2 heteroatoms. The maximum Gasteiger partial charge on any atom is 0.00952 e. The molecule has 0 unspecified atom stereocenters. The minimum atomic E-state index is 0. The normalized spacial score (nSPS) is 17.4. The van der Waals surface area contributed by atoms with E-state index in [9.17, 15) is 0 Å². The molecule has 0 aromatic carbocycles. The van der Waals surface area contributed by atoms with Crippen LogP contribution in [0.2, 0.25) is 0 Å². The fraction of sp³-hybridized carbons (Fsp3) is 1.00. The minimum absolute atomic E-state index is 0. The first-order valence-corrected chi connectivity index (χ1v) is 7.12. The van der Waals surface area contributed by atoms with Crippen LogP contribution in [0.3, 0.4) is 0 Å². The second-order valence-electron chi connectivity index (χ2n) is 5.03. The maximum atomic E-state index is 2.78. The Morgan fingerprint density at radius 3 is 1.81 bits per heavy atom. The number of hydrogen-bond acceptors (Lipinski definition) is 1. The number of halogens is 1. The van der Waals surface area contributed by atoms with Gasteiger partial charge in [-0.1, -0.05) is 46.0 Å². The van der Waals surface area contributed by atoms with Crippen LogP contribution in [0.5, 0.6) is 0 Å². The highest BCUT2D eigenvalue weighted by molar-refractivity contribution is 5.85. The summed E-state index contributed by atoms with van der Waals surface area (Å²) in [6.45, 7) is 7.31. The van der Waals surface area contributed by atoms with Crippen LogP contribution in [0.1, 0.15) is 71.6 Å². The summed E-state index contributed by atoms with van der Waals surface area (Å²) in [5.74, 6) is 0. The molecular weight excluding hydrogens is 218 g/mol. The summed E-state index contributed by atoms with van der Waals surface area (Å²) in [7, 11) is 0. The van der Waals surface area contributed by atoms with Crippen molar-refractivity contribution in [3.05, 3.63) is 0 Å². The van der Waals surface area contributed by atoms with Crippen LogP contribution in [-0.4, -0.2) is 24.0 Å². The zero-order valence-electron chi connectivity index (χ0n) is 11.2. The summed E-state index contributed by atoms with van der Waals surface area (Å²) in [5, 5.41) is 0. The number of hydrogen-bond donors (Lipinski definition) is 0. The van der Waals surface area contributed by atoms with E-state index in [4.69, 9.17) is 0 Å². The molecule has 1 saturated carbocycles. The van der Waals surface area contributed by atoms with Crippen molar-refractivity contribution in [3.8, 4) is 0 Å². The molecule has 1 nitrogen and oxygen atoms in total. The summed E-state index contributed by atoms with van der Waals surface area (Å²) in [6, 6.07) is 0.928. The first-order chi connectivity index (χ1) is 7.38. The summed E-state index contributed by atoms with van der Waals surface area (Å²) >= 11 is 0. The standard InChI is InChI=1S/C14H29N.ClH/c1-3-5-12-15(13-6-4-2)14-10-8-7-9-11-14;/h14H,3-13H2,1-2H3;1H. The Bertz CT molecular complexity index is 136. The molecule has 0 saturated heterocycles. The van der Waals surface area contributed by atoms with Crippen LogP contribution < -0.4 is 0 Å². The quantitative estimate of drug-likeness (QED) is 0.633. The lowest BCUT2D eigenvalue weighted by atomic mass is 9.94. The lowest BCUT2D eigenvalue weighted by Crippen LogP contribution is -2.38. The van der Waals surface area contributed by atoms with Gasteiger partial charge in [0.05, 0.1) is 0 Å². The van der Waals surface area contributed by atoms with Crippen LogP contribution in [0.25, 0.3) is 0 Å². The molecular formula is C14H30ClN. The molecule has 16 heavy (non-hydrogen) atoms. The van der Waals surface area contributed by atoms with Gasteiger partial charge in [0.25, 0.3) is 0 Å². The van der Waals surface area contributed by atoms with E-state index >= 15 is 0 Å². The molecule has 0 amide bonds. The predicted molar refractivity (Wildman–Crippen MR) is 75.5 cm³/mol. The van der Waals surface area contributed by atoms with E-state index < -0.39 is 0 Å². The van der Waals surface area contributed by atoms with E-state index in [0.29, 0.717) is 0 Å². The third-order valence-corrected chi connectivity index (χ3v) is 3.69. The van der Waals surface area contributed by atoms with Gasteiger partial charge in [-0.25, -0.2) is 0 Å². The number of unbranched alkanes of at least 4 members (excludes halogenated alkanes) is 2.